The van der Waals surface area contributed by atoms with Crippen molar-refractivity contribution in [2.75, 3.05) is 26.7 Å². The van der Waals surface area contributed by atoms with Crippen LogP contribution < -0.4 is 5.73 Å². The molecular weight excluding hydrogens is 242 g/mol. The van der Waals surface area contributed by atoms with Gasteiger partial charge in [0, 0.05) is 17.7 Å². The van der Waals surface area contributed by atoms with E-state index < -0.39 is 0 Å². The molecule has 18 heavy (non-hydrogen) atoms. The molecule has 1 aromatic rings. The number of thiazole rings is 1. The summed E-state index contributed by atoms with van der Waals surface area (Å²) in [6.07, 6.45) is 4.73. The van der Waals surface area contributed by atoms with E-state index in [-0.39, 0.29) is 0 Å². The molecule has 0 bridgehead atoms. The van der Waals surface area contributed by atoms with E-state index in [1.807, 2.05) is 11.3 Å². The monoisotopic (exact) mass is 267 g/mol. The number of nitrogens with two attached hydrogens (primary N) is 1. The van der Waals surface area contributed by atoms with Gasteiger partial charge < -0.3 is 10.6 Å². The maximum Gasteiger partial charge on any atom is 0.0931 e. The van der Waals surface area contributed by atoms with Crippen LogP contribution in [0.4, 0.5) is 0 Å². The van der Waals surface area contributed by atoms with Crippen molar-refractivity contribution < 1.29 is 0 Å². The second-order valence-electron chi connectivity index (χ2n) is 5.46. The minimum absolute atomic E-state index is 0.599. The molecule has 102 valence electrons. The Hall–Kier alpha value is -0.450. The summed E-state index contributed by atoms with van der Waals surface area (Å²) in [6.45, 7) is 5.40. The van der Waals surface area contributed by atoms with E-state index in [0.29, 0.717) is 11.8 Å². The van der Waals surface area contributed by atoms with E-state index in [0.717, 1.165) is 19.4 Å². The van der Waals surface area contributed by atoms with Gasteiger partial charge in [0.05, 0.1) is 10.7 Å². The Balaban J connectivity index is 1.93. The lowest BCUT2D eigenvalue weighted by molar-refractivity contribution is 0.253. The number of likely N-dealkylation sites (tertiary alicyclic amines) is 1. The van der Waals surface area contributed by atoms with Crippen LogP contribution in [0.3, 0.4) is 0 Å². The lowest BCUT2D eigenvalue weighted by Crippen LogP contribution is -2.29. The van der Waals surface area contributed by atoms with E-state index in [4.69, 9.17) is 10.7 Å². The standard InChI is InChI=1S/C14H25N3S/c1-3-11(9-15)8-14-16-13(10-18-14)12-4-6-17(2)7-5-12/h10-12H,3-9,15H2,1-2H3. The van der Waals surface area contributed by atoms with E-state index in [1.165, 1.54) is 36.6 Å². The Kier molecular flexibility index (Phi) is 5.15. The molecule has 0 saturated carbocycles. The normalized spacial score (nSPS) is 20.2. The molecule has 1 aliphatic rings. The minimum Gasteiger partial charge on any atom is -0.330 e. The number of hydrogen-bond donors (Lipinski definition) is 1. The van der Waals surface area contributed by atoms with Crippen LogP contribution in [0.1, 0.15) is 42.8 Å². The average Bonchev–Trinajstić information content (AvgIpc) is 2.85. The zero-order chi connectivity index (χ0) is 13.0. The Morgan fingerprint density at radius 1 is 1.50 bits per heavy atom. The van der Waals surface area contributed by atoms with Crippen molar-refractivity contribution in [3.63, 3.8) is 0 Å². The first kappa shape index (κ1) is 14.0. The van der Waals surface area contributed by atoms with Gasteiger partial charge in [-0.15, -0.1) is 11.3 Å². The summed E-state index contributed by atoms with van der Waals surface area (Å²) in [5.41, 5.74) is 7.10. The van der Waals surface area contributed by atoms with Crippen molar-refractivity contribution in [1.82, 2.24) is 9.88 Å². The van der Waals surface area contributed by atoms with Crippen LogP contribution in [0.2, 0.25) is 0 Å². The van der Waals surface area contributed by atoms with Gasteiger partial charge in [0.15, 0.2) is 0 Å². The summed E-state index contributed by atoms with van der Waals surface area (Å²) >= 11 is 1.82. The van der Waals surface area contributed by atoms with Crippen LogP contribution in [0.5, 0.6) is 0 Å². The summed E-state index contributed by atoms with van der Waals surface area (Å²) in [5.74, 6) is 1.28. The second kappa shape index (κ2) is 6.64. The Morgan fingerprint density at radius 3 is 2.83 bits per heavy atom. The van der Waals surface area contributed by atoms with Crippen LogP contribution in [-0.2, 0) is 6.42 Å². The molecule has 0 spiro atoms. The molecule has 3 nitrogen and oxygen atoms in total. The fourth-order valence-corrected chi connectivity index (χ4v) is 3.54. The summed E-state index contributed by atoms with van der Waals surface area (Å²) in [6, 6.07) is 0. The molecule has 0 aliphatic carbocycles. The molecule has 1 aromatic heterocycles. The molecule has 0 aromatic carbocycles. The molecule has 1 unspecified atom stereocenters. The minimum atomic E-state index is 0.599. The van der Waals surface area contributed by atoms with Gasteiger partial charge >= 0.3 is 0 Å². The van der Waals surface area contributed by atoms with Gasteiger partial charge in [-0.05, 0) is 45.4 Å². The molecule has 1 saturated heterocycles. The van der Waals surface area contributed by atoms with Gasteiger partial charge in [-0.25, -0.2) is 4.98 Å². The summed E-state index contributed by atoms with van der Waals surface area (Å²) in [7, 11) is 2.20. The molecule has 1 aliphatic heterocycles. The van der Waals surface area contributed by atoms with Crippen LogP contribution in [-0.4, -0.2) is 36.6 Å². The maximum atomic E-state index is 5.77. The lowest BCUT2D eigenvalue weighted by atomic mass is 9.94. The molecule has 0 radical (unpaired) electrons. The molecule has 2 rings (SSSR count). The third kappa shape index (κ3) is 3.53. The highest BCUT2D eigenvalue weighted by Crippen LogP contribution is 2.29. The summed E-state index contributed by atoms with van der Waals surface area (Å²) in [4.78, 5) is 7.25. The highest BCUT2D eigenvalue weighted by atomic mass is 32.1. The van der Waals surface area contributed by atoms with Gasteiger partial charge in [-0.1, -0.05) is 13.3 Å². The van der Waals surface area contributed by atoms with Crippen LogP contribution in [0, 0.1) is 5.92 Å². The third-order valence-corrected chi connectivity index (χ3v) is 4.97. The molecular formula is C14H25N3S. The smallest absolute Gasteiger partial charge is 0.0931 e. The predicted octanol–water partition coefficient (Wildman–Crippen LogP) is 2.48. The van der Waals surface area contributed by atoms with Gasteiger partial charge in [0.1, 0.15) is 0 Å². The lowest BCUT2D eigenvalue weighted by Gasteiger charge is -2.27. The molecule has 2 heterocycles. The van der Waals surface area contributed by atoms with Gasteiger partial charge in [-0.2, -0.15) is 0 Å². The van der Waals surface area contributed by atoms with E-state index >= 15 is 0 Å². The Labute approximate surface area is 114 Å². The SMILES string of the molecule is CCC(CN)Cc1nc(C2CCN(C)CC2)cs1. The first-order chi connectivity index (χ1) is 8.72. The third-order valence-electron chi connectivity index (χ3n) is 4.08. The predicted molar refractivity (Wildman–Crippen MR) is 78.1 cm³/mol. The number of nitrogens with zero attached hydrogens (tertiary/aromatic N) is 2. The Bertz CT molecular complexity index is 352. The van der Waals surface area contributed by atoms with Crippen molar-refractivity contribution in [2.45, 2.75) is 38.5 Å². The number of aromatic nitrogens is 1. The van der Waals surface area contributed by atoms with Gasteiger partial charge in [0.2, 0.25) is 0 Å². The fourth-order valence-electron chi connectivity index (χ4n) is 2.55. The molecule has 1 atom stereocenters. The second-order valence-corrected chi connectivity index (χ2v) is 6.40. The largest absolute Gasteiger partial charge is 0.330 e. The zero-order valence-corrected chi connectivity index (χ0v) is 12.4. The highest BCUT2D eigenvalue weighted by molar-refractivity contribution is 7.09. The van der Waals surface area contributed by atoms with E-state index in [1.54, 1.807) is 0 Å². The summed E-state index contributed by atoms with van der Waals surface area (Å²) in [5, 5.41) is 3.55. The van der Waals surface area contributed by atoms with E-state index in [9.17, 15) is 0 Å². The number of piperidine rings is 1. The fraction of sp³-hybridized carbons (Fsp3) is 0.786. The van der Waals surface area contributed by atoms with Crippen molar-refractivity contribution in [3.8, 4) is 0 Å². The van der Waals surface area contributed by atoms with Gasteiger partial charge in [0.25, 0.3) is 0 Å². The number of rotatable bonds is 5. The molecule has 1 fully saturated rings. The zero-order valence-electron chi connectivity index (χ0n) is 11.6. The number of hydrogen-bond acceptors (Lipinski definition) is 4. The van der Waals surface area contributed by atoms with Crippen LogP contribution in [0.15, 0.2) is 5.38 Å². The van der Waals surface area contributed by atoms with Crippen molar-refractivity contribution >= 4 is 11.3 Å². The topological polar surface area (TPSA) is 42.1 Å². The first-order valence-corrected chi connectivity index (χ1v) is 7.93. The summed E-state index contributed by atoms with van der Waals surface area (Å²) < 4.78 is 0. The van der Waals surface area contributed by atoms with Gasteiger partial charge in [-0.3, -0.25) is 0 Å². The van der Waals surface area contributed by atoms with Crippen molar-refractivity contribution in [1.29, 1.82) is 0 Å². The molecule has 2 N–H and O–H groups in total. The Morgan fingerprint density at radius 2 is 2.22 bits per heavy atom. The van der Waals surface area contributed by atoms with E-state index in [2.05, 4.69) is 24.3 Å². The molecule has 0 amide bonds. The first-order valence-electron chi connectivity index (χ1n) is 7.05. The van der Waals surface area contributed by atoms with Crippen LogP contribution >= 0.6 is 11.3 Å². The van der Waals surface area contributed by atoms with Crippen molar-refractivity contribution in [2.24, 2.45) is 11.7 Å². The maximum absolute atomic E-state index is 5.77. The van der Waals surface area contributed by atoms with Crippen LogP contribution in [0.25, 0.3) is 0 Å². The average molecular weight is 267 g/mol. The highest BCUT2D eigenvalue weighted by Gasteiger charge is 2.21. The quantitative estimate of drug-likeness (QED) is 0.891. The molecule has 4 heteroatoms. The van der Waals surface area contributed by atoms with Crippen molar-refractivity contribution in [3.05, 3.63) is 16.1 Å².